The van der Waals surface area contributed by atoms with Gasteiger partial charge >= 0.3 is 0 Å². The van der Waals surface area contributed by atoms with Gasteiger partial charge in [0.2, 0.25) is 5.91 Å². The highest BCUT2D eigenvalue weighted by atomic mass is 32.2. The molecule has 0 fully saturated rings. The fourth-order valence-electron chi connectivity index (χ4n) is 4.33. The molecule has 0 spiro atoms. The zero-order valence-corrected chi connectivity index (χ0v) is 27.2. The van der Waals surface area contributed by atoms with E-state index < -0.39 is 5.91 Å². The van der Waals surface area contributed by atoms with E-state index in [0.29, 0.717) is 16.4 Å². The predicted molar refractivity (Wildman–Crippen MR) is 189 cm³/mol. The van der Waals surface area contributed by atoms with Gasteiger partial charge in [0.25, 0.3) is 11.8 Å². The number of nitrogens with zero attached hydrogens (tertiary/aromatic N) is 2. The van der Waals surface area contributed by atoms with E-state index in [-0.39, 0.29) is 22.8 Å². The molecule has 0 aliphatic rings. The van der Waals surface area contributed by atoms with E-state index in [9.17, 15) is 14.4 Å². The van der Waals surface area contributed by atoms with Crippen molar-refractivity contribution in [2.24, 2.45) is 0 Å². The van der Waals surface area contributed by atoms with E-state index in [4.69, 9.17) is 0 Å². The van der Waals surface area contributed by atoms with Crippen molar-refractivity contribution >= 4 is 63.4 Å². The molecule has 0 saturated carbocycles. The summed E-state index contributed by atoms with van der Waals surface area (Å²) in [5, 5.41) is 10.6. The van der Waals surface area contributed by atoms with Gasteiger partial charge in [-0.3, -0.25) is 14.4 Å². The van der Waals surface area contributed by atoms with Crippen LogP contribution in [-0.4, -0.2) is 42.1 Å². The first-order chi connectivity index (χ1) is 22.2. The third-order valence-electron chi connectivity index (χ3n) is 6.85. The number of thioether (sulfide) groups is 1. The van der Waals surface area contributed by atoms with E-state index in [1.165, 1.54) is 23.1 Å². The zero-order valence-electron chi connectivity index (χ0n) is 25.6. The molecule has 1 aromatic heterocycles. The Labute approximate surface area is 276 Å². The molecule has 3 amide bonds. The number of carbonyl (C=O) groups is 3. The van der Waals surface area contributed by atoms with Crippen LogP contribution in [0.3, 0.4) is 0 Å². The first-order valence-corrected chi connectivity index (χ1v) is 16.3. The van der Waals surface area contributed by atoms with Gasteiger partial charge < -0.3 is 20.9 Å². The molecule has 5 aromatic rings. The number of rotatable bonds is 11. The Morgan fingerprint density at radius 2 is 1.48 bits per heavy atom. The Morgan fingerprint density at radius 3 is 2.13 bits per heavy atom. The number of carbonyl (C=O) groups excluding carboxylic acids is 3. The number of hydrogen-bond donors (Lipinski definition) is 3. The van der Waals surface area contributed by atoms with E-state index in [1.54, 1.807) is 42.5 Å². The molecule has 10 heteroatoms. The highest BCUT2D eigenvalue weighted by Crippen LogP contribution is 2.28. The average molecular weight is 648 g/mol. The molecule has 0 bridgehead atoms. The number of amides is 3. The van der Waals surface area contributed by atoms with Crippen molar-refractivity contribution in [2.75, 3.05) is 29.6 Å². The maximum absolute atomic E-state index is 13.4. The summed E-state index contributed by atoms with van der Waals surface area (Å²) in [7, 11) is 3.90. The molecule has 0 aliphatic heterocycles. The van der Waals surface area contributed by atoms with Crippen LogP contribution < -0.4 is 20.9 Å². The van der Waals surface area contributed by atoms with Crippen molar-refractivity contribution in [1.29, 1.82) is 0 Å². The van der Waals surface area contributed by atoms with Crippen LogP contribution in [0, 0.1) is 0 Å². The minimum atomic E-state index is -0.465. The smallest absolute Gasteiger partial charge is 0.272 e. The summed E-state index contributed by atoms with van der Waals surface area (Å²) < 4.78 is 0. The van der Waals surface area contributed by atoms with Gasteiger partial charge in [-0.2, -0.15) is 0 Å². The molecule has 0 aliphatic carbocycles. The first-order valence-electron chi connectivity index (χ1n) is 14.5. The summed E-state index contributed by atoms with van der Waals surface area (Å²) >= 11 is 2.78. The maximum Gasteiger partial charge on any atom is 0.272 e. The van der Waals surface area contributed by atoms with Crippen LogP contribution in [0.25, 0.3) is 17.3 Å². The largest absolute Gasteiger partial charge is 0.378 e. The molecule has 1 unspecified atom stereocenters. The molecule has 8 nitrogen and oxygen atoms in total. The molecule has 3 N–H and O–H groups in total. The summed E-state index contributed by atoms with van der Waals surface area (Å²) in [6, 6.07) is 33.4. The first kappa shape index (κ1) is 32.2. The van der Waals surface area contributed by atoms with Crippen LogP contribution in [0.15, 0.2) is 125 Å². The highest BCUT2D eigenvalue weighted by Gasteiger charge is 2.18. The van der Waals surface area contributed by atoms with Crippen molar-refractivity contribution < 1.29 is 14.4 Å². The molecule has 232 valence electrons. The summed E-state index contributed by atoms with van der Waals surface area (Å²) in [4.78, 5) is 46.6. The van der Waals surface area contributed by atoms with Gasteiger partial charge in [0.1, 0.15) is 5.70 Å². The van der Waals surface area contributed by atoms with Gasteiger partial charge in [-0.15, -0.1) is 23.1 Å². The molecule has 5 rings (SSSR count). The molecule has 4 aromatic carbocycles. The van der Waals surface area contributed by atoms with Crippen molar-refractivity contribution in [3.63, 3.8) is 0 Å². The highest BCUT2D eigenvalue weighted by molar-refractivity contribution is 8.00. The van der Waals surface area contributed by atoms with Crippen LogP contribution in [0.5, 0.6) is 0 Å². The van der Waals surface area contributed by atoms with Crippen molar-refractivity contribution in [2.45, 2.75) is 17.1 Å². The van der Waals surface area contributed by atoms with Gasteiger partial charge in [-0.1, -0.05) is 60.7 Å². The quantitative estimate of drug-likeness (QED) is 0.102. The zero-order chi connectivity index (χ0) is 32.5. The van der Waals surface area contributed by atoms with Crippen molar-refractivity contribution in [1.82, 2.24) is 10.3 Å². The maximum atomic E-state index is 13.4. The van der Waals surface area contributed by atoms with Crippen LogP contribution in [-0.2, 0) is 9.59 Å². The Hall–Kier alpha value is -5.19. The lowest BCUT2D eigenvalue weighted by Crippen LogP contribution is -2.30. The van der Waals surface area contributed by atoms with Gasteiger partial charge in [0, 0.05) is 46.9 Å². The van der Waals surface area contributed by atoms with Crippen molar-refractivity contribution in [3.8, 4) is 11.3 Å². The molecular formula is C36H33N5O3S2. The minimum absolute atomic E-state index is 0.104. The molecular weight excluding hydrogens is 615 g/mol. The summed E-state index contributed by atoms with van der Waals surface area (Å²) in [5.74, 6) is -1.01. The Bertz CT molecular complexity index is 1820. The second-order valence-corrected chi connectivity index (χ2v) is 12.8. The number of hydrogen-bond acceptors (Lipinski definition) is 7. The van der Waals surface area contributed by atoms with Gasteiger partial charge in [-0.25, -0.2) is 4.98 Å². The Balaban J connectivity index is 1.22. The minimum Gasteiger partial charge on any atom is -0.378 e. The molecule has 0 radical (unpaired) electrons. The van der Waals surface area contributed by atoms with Gasteiger partial charge in [-0.05, 0) is 67.1 Å². The van der Waals surface area contributed by atoms with Crippen LogP contribution in [0.2, 0.25) is 0 Å². The third-order valence-corrected chi connectivity index (χ3v) is 8.72. The molecule has 1 atom stereocenters. The van der Waals surface area contributed by atoms with E-state index >= 15 is 0 Å². The molecule has 46 heavy (non-hydrogen) atoms. The lowest BCUT2D eigenvalue weighted by Gasteiger charge is -2.14. The van der Waals surface area contributed by atoms with E-state index in [1.807, 2.05) is 104 Å². The number of anilines is 3. The van der Waals surface area contributed by atoms with Crippen LogP contribution in [0.1, 0.15) is 22.8 Å². The van der Waals surface area contributed by atoms with E-state index in [2.05, 4.69) is 20.9 Å². The standard InChI is InChI=1S/C36H33N5O3S2/c1-24(33(42)40-36-39-32(23-45-36)26-10-6-4-7-11-26)46-30-20-16-28(17-21-30)37-35(44)31(38-34(43)27-12-8-5-9-13-27)22-25-14-18-29(19-15-25)41(2)3/h4-24H,1-3H3,(H,37,44)(H,38,43)(H,39,40,42)/b31-22-. The summed E-state index contributed by atoms with van der Waals surface area (Å²) in [6.45, 7) is 1.83. The number of nitrogens with one attached hydrogen (secondary N) is 3. The topological polar surface area (TPSA) is 103 Å². The lowest BCUT2D eigenvalue weighted by molar-refractivity contribution is -0.115. The lowest BCUT2D eigenvalue weighted by atomic mass is 10.1. The third kappa shape index (κ3) is 8.71. The van der Waals surface area contributed by atoms with Crippen LogP contribution in [0.4, 0.5) is 16.5 Å². The molecule has 0 saturated heterocycles. The molecule has 1 heterocycles. The summed E-state index contributed by atoms with van der Waals surface area (Å²) in [6.07, 6.45) is 1.64. The van der Waals surface area contributed by atoms with Gasteiger partial charge in [0.05, 0.1) is 10.9 Å². The normalized spacial score (nSPS) is 11.8. The predicted octanol–water partition coefficient (Wildman–Crippen LogP) is 7.41. The fraction of sp³-hybridized carbons (Fsp3) is 0.111. The van der Waals surface area contributed by atoms with Gasteiger partial charge in [0.15, 0.2) is 5.13 Å². The summed E-state index contributed by atoms with van der Waals surface area (Å²) in [5.41, 5.74) is 4.68. The number of benzene rings is 4. The number of thiazole rings is 1. The Kier molecular flexibility index (Phi) is 10.6. The van der Waals surface area contributed by atoms with Crippen molar-refractivity contribution in [3.05, 3.63) is 131 Å². The SMILES string of the molecule is CC(Sc1ccc(NC(=O)/C(=C/c2ccc(N(C)C)cc2)NC(=O)c2ccccc2)cc1)C(=O)Nc1nc(-c2ccccc2)cs1. The Morgan fingerprint density at radius 1 is 0.826 bits per heavy atom. The number of aromatic nitrogens is 1. The fourth-order valence-corrected chi connectivity index (χ4v) is 5.92. The van der Waals surface area contributed by atoms with E-state index in [0.717, 1.165) is 27.4 Å². The van der Waals surface area contributed by atoms with Crippen LogP contribution >= 0.6 is 23.1 Å². The monoisotopic (exact) mass is 647 g/mol. The second kappa shape index (κ2) is 15.2. The second-order valence-electron chi connectivity index (χ2n) is 10.5. The average Bonchev–Trinajstić information content (AvgIpc) is 3.54.